The van der Waals surface area contributed by atoms with Gasteiger partial charge in [-0.3, -0.25) is 10.1 Å². The van der Waals surface area contributed by atoms with Crippen LogP contribution in [0.15, 0.2) is 18.2 Å². The molecule has 5 nitrogen and oxygen atoms in total. The van der Waals surface area contributed by atoms with E-state index in [4.69, 9.17) is 4.74 Å². The normalized spacial score (nSPS) is 16.5. The first-order valence-corrected chi connectivity index (χ1v) is 7.17. The molecule has 0 unspecified atom stereocenters. The molecule has 0 spiro atoms. The second-order valence-electron chi connectivity index (χ2n) is 6.56. The van der Waals surface area contributed by atoms with Crippen LogP contribution in [-0.4, -0.2) is 22.8 Å². The molecule has 0 bridgehead atoms. The molecule has 22 heavy (non-hydrogen) atoms. The van der Waals surface area contributed by atoms with E-state index in [1.165, 1.54) is 18.2 Å². The van der Waals surface area contributed by atoms with Gasteiger partial charge in [0, 0.05) is 0 Å². The molecular formula is C16H20FNO4. The third-order valence-corrected chi connectivity index (χ3v) is 3.77. The molecule has 1 aliphatic rings. The highest BCUT2D eigenvalue weighted by molar-refractivity contribution is 5.87. The van der Waals surface area contributed by atoms with Crippen molar-refractivity contribution < 1.29 is 23.8 Å². The standard InChI is InChI=1S/C16H20FNO4/c1-15(2,3)22-14(21)18-12-9-10(5-6-11(12)17)16(13(19)20)7-4-8-16/h5-6,9H,4,7-8H2,1-3H3,(H,18,21)(H,19,20). The minimum Gasteiger partial charge on any atom is -0.481 e. The highest BCUT2D eigenvalue weighted by Crippen LogP contribution is 2.44. The van der Waals surface area contributed by atoms with Gasteiger partial charge in [0.05, 0.1) is 11.1 Å². The maximum atomic E-state index is 13.9. The van der Waals surface area contributed by atoms with Gasteiger partial charge < -0.3 is 9.84 Å². The number of halogens is 1. The first-order chi connectivity index (χ1) is 10.1. The molecule has 2 N–H and O–H groups in total. The summed E-state index contributed by atoms with van der Waals surface area (Å²) in [6.07, 6.45) is 1.07. The first-order valence-electron chi connectivity index (χ1n) is 7.17. The SMILES string of the molecule is CC(C)(C)OC(=O)Nc1cc(C2(C(=O)O)CCC2)ccc1F. The summed E-state index contributed by atoms with van der Waals surface area (Å²) in [5, 5.41) is 11.8. The van der Waals surface area contributed by atoms with Gasteiger partial charge in [0.25, 0.3) is 0 Å². The van der Waals surface area contributed by atoms with Crippen LogP contribution in [0.1, 0.15) is 45.6 Å². The maximum absolute atomic E-state index is 13.9. The van der Waals surface area contributed by atoms with Crippen molar-refractivity contribution in [3.8, 4) is 0 Å². The number of nitrogens with one attached hydrogen (secondary N) is 1. The Morgan fingerprint density at radius 2 is 1.95 bits per heavy atom. The van der Waals surface area contributed by atoms with Crippen molar-refractivity contribution in [3.63, 3.8) is 0 Å². The fourth-order valence-electron chi connectivity index (χ4n) is 2.49. The number of anilines is 1. The smallest absolute Gasteiger partial charge is 0.412 e. The summed E-state index contributed by atoms with van der Waals surface area (Å²) in [5.74, 6) is -1.55. The van der Waals surface area contributed by atoms with Crippen LogP contribution in [0, 0.1) is 5.82 Å². The molecule has 1 aromatic rings. The van der Waals surface area contributed by atoms with E-state index >= 15 is 0 Å². The molecule has 1 aromatic carbocycles. The number of hydrogen-bond acceptors (Lipinski definition) is 3. The summed E-state index contributed by atoms with van der Waals surface area (Å²) in [6.45, 7) is 5.10. The van der Waals surface area contributed by atoms with Crippen molar-refractivity contribution >= 4 is 17.7 Å². The van der Waals surface area contributed by atoms with Crippen LogP contribution in [0.5, 0.6) is 0 Å². The van der Waals surface area contributed by atoms with Gasteiger partial charge in [-0.15, -0.1) is 0 Å². The highest BCUT2D eigenvalue weighted by atomic mass is 19.1. The van der Waals surface area contributed by atoms with Crippen molar-refractivity contribution in [1.29, 1.82) is 0 Å². The molecule has 0 aromatic heterocycles. The zero-order chi connectivity index (χ0) is 16.5. The number of benzene rings is 1. The monoisotopic (exact) mass is 309 g/mol. The average Bonchev–Trinajstić information content (AvgIpc) is 2.28. The average molecular weight is 309 g/mol. The number of carbonyl (C=O) groups is 2. The number of amides is 1. The van der Waals surface area contributed by atoms with Crippen molar-refractivity contribution in [2.24, 2.45) is 0 Å². The van der Waals surface area contributed by atoms with E-state index in [0.717, 1.165) is 6.42 Å². The zero-order valence-electron chi connectivity index (χ0n) is 12.9. The molecule has 0 aliphatic heterocycles. The lowest BCUT2D eigenvalue weighted by Gasteiger charge is -2.38. The molecule has 1 aliphatic carbocycles. The predicted octanol–water partition coefficient (Wildman–Crippen LogP) is 3.68. The molecule has 120 valence electrons. The summed E-state index contributed by atoms with van der Waals surface area (Å²) in [5.41, 5.74) is -1.25. The molecule has 1 amide bonds. The molecular weight excluding hydrogens is 289 g/mol. The summed E-state index contributed by atoms with van der Waals surface area (Å²) in [6, 6.07) is 4.01. The van der Waals surface area contributed by atoms with Crippen LogP contribution < -0.4 is 5.32 Å². The summed E-state index contributed by atoms with van der Waals surface area (Å²) >= 11 is 0. The number of aliphatic carboxylic acids is 1. The minimum absolute atomic E-state index is 0.0701. The molecule has 1 saturated carbocycles. The Bertz CT molecular complexity index is 603. The van der Waals surface area contributed by atoms with Crippen molar-refractivity contribution in [3.05, 3.63) is 29.6 Å². The molecule has 0 radical (unpaired) electrons. The van der Waals surface area contributed by atoms with Crippen LogP contribution in [0.2, 0.25) is 0 Å². The largest absolute Gasteiger partial charge is 0.481 e. The quantitative estimate of drug-likeness (QED) is 0.893. The van der Waals surface area contributed by atoms with E-state index in [1.807, 2.05) is 0 Å². The van der Waals surface area contributed by atoms with Crippen LogP contribution in [-0.2, 0) is 14.9 Å². The fourth-order valence-corrected chi connectivity index (χ4v) is 2.49. The van der Waals surface area contributed by atoms with Crippen molar-refractivity contribution in [2.75, 3.05) is 5.32 Å². The van der Waals surface area contributed by atoms with Gasteiger partial charge in [-0.05, 0) is 51.3 Å². The lowest BCUT2D eigenvalue weighted by molar-refractivity contribution is -0.147. The summed E-state index contributed by atoms with van der Waals surface area (Å²) in [4.78, 5) is 23.2. The number of ether oxygens (including phenoxy) is 1. The second-order valence-corrected chi connectivity index (χ2v) is 6.56. The highest BCUT2D eigenvalue weighted by Gasteiger charge is 2.46. The van der Waals surface area contributed by atoms with Gasteiger partial charge in [-0.2, -0.15) is 0 Å². The third kappa shape index (κ3) is 3.21. The van der Waals surface area contributed by atoms with Crippen LogP contribution >= 0.6 is 0 Å². The van der Waals surface area contributed by atoms with Gasteiger partial charge in [0.2, 0.25) is 0 Å². The third-order valence-electron chi connectivity index (χ3n) is 3.77. The Hall–Kier alpha value is -2.11. The van der Waals surface area contributed by atoms with E-state index in [0.29, 0.717) is 18.4 Å². The van der Waals surface area contributed by atoms with E-state index in [-0.39, 0.29) is 5.69 Å². The Labute approximate surface area is 128 Å². The van der Waals surface area contributed by atoms with Crippen LogP contribution in [0.25, 0.3) is 0 Å². The maximum Gasteiger partial charge on any atom is 0.412 e. The van der Waals surface area contributed by atoms with E-state index < -0.39 is 28.9 Å². The summed E-state index contributed by atoms with van der Waals surface area (Å²) in [7, 11) is 0. The lowest BCUT2D eigenvalue weighted by Crippen LogP contribution is -2.42. The Morgan fingerprint density at radius 1 is 1.32 bits per heavy atom. The molecule has 2 rings (SSSR count). The van der Waals surface area contributed by atoms with Crippen LogP contribution in [0.4, 0.5) is 14.9 Å². The fraction of sp³-hybridized carbons (Fsp3) is 0.500. The molecule has 6 heteroatoms. The van der Waals surface area contributed by atoms with Gasteiger partial charge >= 0.3 is 12.1 Å². The van der Waals surface area contributed by atoms with Gasteiger partial charge in [-0.1, -0.05) is 12.5 Å². The zero-order valence-corrected chi connectivity index (χ0v) is 12.9. The molecule has 1 fully saturated rings. The summed E-state index contributed by atoms with van der Waals surface area (Å²) < 4.78 is 18.9. The predicted molar refractivity (Wildman–Crippen MR) is 79.4 cm³/mol. The Balaban J connectivity index is 2.24. The number of carboxylic acid groups (broad SMARTS) is 1. The number of rotatable bonds is 3. The Morgan fingerprint density at radius 3 is 2.41 bits per heavy atom. The lowest BCUT2D eigenvalue weighted by atomic mass is 9.64. The Kier molecular flexibility index (Phi) is 4.13. The molecule has 0 atom stereocenters. The molecule has 0 heterocycles. The van der Waals surface area contributed by atoms with Gasteiger partial charge in [0.1, 0.15) is 11.4 Å². The van der Waals surface area contributed by atoms with Gasteiger partial charge in [0.15, 0.2) is 0 Å². The number of hydrogen-bond donors (Lipinski definition) is 2. The van der Waals surface area contributed by atoms with Crippen molar-refractivity contribution in [1.82, 2.24) is 0 Å². The van der Waals surface area contributed by atoms with Crippen LogP contribution in [0.3, 0.4) is 0 Å². The number of carboxylic acids is 1. The van der Waals surface area contributed by atoms with Crippen molar-refractivity contribution in [2.45, 2.75) is 51.0 Å². The van der Waals surface area contributed by atoms with E-state index in [2.05, 4.69) is 5.32 Å². The number of carbonyl (C=O) groups excluding carboxylic acids is 1. The second kappa shape index (κ2) is 5.59. The van der Waals surface area contributed by atoms with E-state index in [1.54, 1.807) is 20.8 Å². The van der Waals surface area contributed by atoms with Gasteiger partial charge in [-0.25, -0.2) is 9.18 Å². The van der Waals surface area contributed by atoms with E-state index in [9.17, 15) is 19.1 Å². The topological polar surface area (TPSA) is 75.6 Å². The minimum atomic E-state index is -0.974. The molecule has 0 saturated heterocycles. The first kappa shape index (κ1) is 16.3.